The molecule has 148 valence electrons. The number of rotatable bonds is 6. The summed E-state index contributed by atoms with van der Waals surface area (Å²) in [6.07, 6.45) is 3.51. The van der Waals surface area contributed by atoms with E-state index >= 15 is 0 Å². The Hall–Kier alpha value is -2.64. The van der Waals surface area contributed by atoms with Crippen molar-refractivity contribution in [2.45, 2.75) is 23.8 Å². The predicted octanol–water partition coefficient (Wildman–Crippen LogP) is 2.89. The minimum Gasteiger partial charge on any atom is -0.497 e. The molecule has 2 atom stereocenters. The lowest BCUT2D eigenvalue weighted by Crippen LogP contribution is -2.42. The summed E-state index contributed by atoms with van der Waals surface area (Å²) in [6.45, 7) is 2.10. The summed E-state index contributed by atoms with van der Waals surface area (Å²) in [5, 5.41) is 0. The number of benzene rings is 2. The van der Waals surface area contributed by atoms with E-state index in [2.05, 4.69) is 0 Å². The Balaban J connectivity index is 2.00. The van der Waals surface area contributed by atoms with Crippen molar-refractivity contribution in [3.8, 4) is 5.75 Å². The second-order valence-corrected chi connectivity index (χ2v) is 8.47. The van der Waals surface area contributed by atoms with Gasteiger partial charge in [-0.05, 0) is 36.8 Å². The van der Waals surface area contributed by atoms with E-state index in [-0.39, 0.29) is 11.4 Å². The van der Waals surface area contributed by atoms with Gasteiger partial charge in [0.2, 0.25) is 10.0 Å². The van der Waals surface area contributed by atoms with Crippen LogP contribution < -0.4 is 4.74 Å². The molecule has 1 aliphatic heterocycles. The van der Waals surface area contributed by atoms with Gasteiger partial charge in [-0.1, -0.05) is 42.0 Å². The molecule has 3 rings (SSSR count). The van der Waals surface area contributed by atoms with Crippen molar-refractivity contribution in [1.82, 2.24) is 4.31 Å². The summed E-state index contributed by atoms with van der Waals surface area (Å²) >= 11 is 0. The predicted molar refractivity (Wildman–Crippen MR) is 106 cm³/mol. The fourth-order valence-corrected chi connectivity index (χ4v) is 4.86. The van der Waals surface area contributed by atoms with Gasteiger partial charge in [0.25, 0.3) is 0 Å². The fraction of sp³-hybridized carbons (Fsp3) is 0.286. The average molecular weight is 401 g/mol. The summed E-state index contributed by atoms with van der Waals surface area (Å²) in [5.74, 6) is -0.626. The first-order valence-corrected chi connectivity index (χ1v) is 10.3. The fourth-order valence-electron chi connectivity index (χ4n) is 3.31. The van der Waals surface area contributed by atoms with Crippen molar-refractivity contribution < 1.29 is 22.7 Å². The minimum atomic E-state index is -3.77. The maximum absolute atomic E-state index is 13.2. The van der Waals surface area contributed by atoms with E-state index in [0.29, 0.717) is 11.3 Å². The van der Waals surface area contributed by atoms with Gasteiger partial charge < -0.3 is 9.47 Å². The molecule has 0 unspecified atom stereocenters. The monoisotopic (exact) mass is 401 g/mol. The summed E-state index contributed by atoms with van der Waals surface area (Å²) in [7, 11) is -0.914. The topological polar surface area (TPSA) is 72.9 Å². The van der Waals surface area contributed by atoms with Crippen LogP contribution in [0.3, 0.4) is 0 Å². The van der Waals surface area contributed by atoms with Crippen LogP contribution in [-0.4, -0.2) is 45.5 Å². The number of esters is 1. The number of ether oxygens (including phenoxy) is 2. The van der Waals surface area contributed by atoms with E-state index in [1.807, 2.05) is 6.92 Å². The minimum absolute atomic E-state index is 0.199. The van der Waals surface area contributed by atoms with Gasteiger partial charge in [-0.3, -0.25) is 4.79 Å². The van der Waals surface area contributed by atoms with Gasteiger partial charge in [-0.15, -0.1) is 0 Å². The number of carbonyl (C=O) groups excluding carboxylic acids is 1. The van der Waals surface area contributed by atoms with Crippen molar-refractivity contribution in [3.05, 3.63) is 71.8 Å². The van der Waals surface area contributed by atoms with E-state index < -0.39 is 28.0 Å². The quantitative estimate of drug-likeness (QED) is 0.550. The number of sulfonamides is 1. The zero-order chi connectivity index (χ0) is 20.3. The number of nitrogens with zero attached hydrogens (tertiary/aromatic N) is 1. The normalized spacial score (nSPS) is 18.0. The molecule has 1 aliphatic rings. The van der Waals surface area contributed by atoms with Gasteiger partial charge in [0.1, 0.15) is 11.7 Å². The van der Waals surface area contributed by atoms with Gasteiger partial charge >= 0.3 is 5.97 Å². The lowest BCUT2D eigenvalue weighted by atomic mass is 9.92. The maximum Gasteiger partial charge on any atom is 0.315 e. The summed E-state index contributed by atoms with van der Waals surface area (Å²) in [5.41, 5.74) is 1.63. The Labute approximate surface area is 165 Å². The third kappa shape index (κ3) is 3.81. The lowest BCUT2D eigenvalue weighted by molar-refractivity contribution is -0.143. The Bertz CT molecular complexity index is 965. The summed E-state index contributed by atoms with van der Waals surface area (Å²) < 4.78 is 37.9. The van der Waals surface area contributed by atoms with Gasteiger partial charge in [0, 0.05) is 6.54 Å². The maximum atomic E-state index is 13.2. The van der Waals surface area contributed by atoms with Crippen LogP contribution in [0.4, 0.5) is 0 Å². The smallest absolute Gasteiger partial charge is 0.315 e. The van der Waals surface area contributed by atoms with Crippen molar-refractivity contribution >= 4 is 16.0 Å². The van der Waals surface area contributed by atoms with Crippen LogP contribution in [0.2, 0.25) is 0 Å². The molecule has 0 saturated heterocycles. The highest BCUT2D eigenvalue weighted by molar-refractivity contribution is 7.89. The van der Waals surface area contributed by atoms with E-state index in [1.54, 1.807) is 67.8 Å². The Morgan fingerprint density at radius 3 is 2.29 bits per heavy atom. The van der Waals surface area contributed by atoms with E-state index in [9.17, 15) is 13.2 Å². The third-order valence-electron chi connectivity index (χ3n) is 4.85. The first-order chi connectivity index (χ1) is 13.4. The first-order valence-electron chi connectivity index (χ1n) is 8.85. The van der Waals surface area contributed by atoms with Crippen molar-refractivity contribution in [3.63, 3.8) is 0 Å². The second-order valence-electron chi connectivity index (χ2n) is 6.58. The molecule has 0 bridgehead atoms. The zero-order valence-corrected chi connectivity index (χ0v) is 16.8. The summed E-state index contributed by atoms with van der Waals surface area (Å²) in [4.78, 5) is 12.8. The van der Waals surface area contributed by atoms with Crippen molar-refractivity contribution in [2.24, 2.45) is 0 Å². The van der Waals surface area contributed by atoms with E-state index in [1.165, 1.54) is 11.4 Å². The first kappa shape index (κ1) is 20.1. The zero-order valence-electron chi connectivity index (χ0n) is 16.0. The molecule has 7 heteroatoms. The molecule has 0 amide bonds. The van der Waals surface area contributed by atoms with Crippen LogP contribution in [-0.2, 0) is 19.6 Å². The number of methoxy groups -OCH3 is 2. The molecule has 6 nitrogen and oxygen atoms in total. The molecule has 28 heavy (non-hydrogen) atoms. The molecule has 2 aromatic carbocycles. The molecule has 0 spiro atoms. The van der Waals surface area contributed by atoms with Gasteiger partial charge in [-0.2, -0.15) is 4.31 Å². The van der Waals surface area contributed by atoms with E-state index in [4.69, 9.17) is 9.47 Å². The van der Waals surface area contributed by atoms with Crippen molar-refractivity contribution in [2.75, 3.05) is 20.8 Å². The van der Waals surface area contributed by atoms with Crippen LogP contribution in [0.25, 0.3) is 0 Å². The molecule has 0 saturated carbocycles. The molecule has 1 heterocycles. The van der Waals surface area contributed by atoms with Crippen molar-refractivity contribution in [1.29, 1.82) is 0 Å². The van der Waals surface area contributed by atoms with Crippen LogP contribution in [0.1, 0.15) is 17.0 Å². The van der Waals surface area contributed by atoms with Crippen LogP contribution in [0.15, 0.2) is 65.6 Å². The number of carbonyl (C=O) groups is 1. The largest absolute Gasteiger partial charge is 0.497 e. The highest BCUT2D eigenvalue weighted by Crippen LogP contribution is 2.33. The van der Waals surface area contributed by atoms with Gasteiger partial charge in [0.15, 0.2) is 0 Å². The van der Waals surface area contributed by atoms with Crippen LogP contribution >= 0.6 is 0 Å². The average Bonchev–Trinajstić information content (AvgIpc) is 3.19. The Morgan fingerprint density at radius 2 is 1.71 bits per heavy atom. The molecule has 0 N–H and O–H groups in total. The Kier molecular flexibility index (Phi) is 5.86. The highest BCUT2D eigenvalue weighted by Gasteiger charge is 2.41. The molecular formula is C21H23NO5S. The van der Waals surface area contributed by atoms with Crippen LogP contribution in [0.5, 0.6) is 5.75 Å². The Morgan fingerprint density at radius 1 is 1.07 bits per heavy atom. The molecule has 2 aromatic rings. The summed E-state index contributed by atoms with van der Waals surface area (Å²) in [6, 6.07) is 13.0. The van der Waals surface area contributed by atoms with Gasteiger partial charge in [-0.25, -0.2) is 8.42 Å². The number of hydrogen-bond acceptors (Lipinski definition) is 5. The molecule has 0 aromatic heterocycles. The van der Waals surface area contributed by atoms with E-state index in [0.717, 1.165) is 5.56 Å². The standard InChI is InChI=1S/C21H23NO5S/c1-15-6-12-18(13-7-15)28(24,25)22-14-4-5-19(22)20(21(23)27-3)16-8-10-17(26-2)11-9-16/h4-13,19-20H,14H2,1-3H3/t19-,20-/m1/s1. The molecule has 0 aliphatic carbocycles. The SMILES string of the molecule is COC(=O)[C@H](c1ccc(OC)cc1)[C@H]1C=CCN1S(=O)(=O)c1ccc(C)cc1. The van der Waals surface area contributed by atoms with Gasteiger partial charge in [0.05, 0.1) is 25.2 Å². The third-order valence-corrected chi connectivity index (χ3v) is 6.73. The molecular weight excluding hydrogens is 378 g/mol. The number of hydrogen-bond donors (Lipinski definition) is 0. The molecule has 0 radical (unpaired) electrons. The lowest BCUT2D eigenvalue weighted by Gasteiger charge is -2.29. The second kappa shape index (κ2) is 8.16. The number of aryl methyl sites for hydroxylation is 1. The highest BCUT2D eigenvalue weighted by atomic mass is 32.2. The molecule has 0 fully saturated rings. The van der Waals surface area contributed by atoms with Crippen LogP contribution in [0, 0.1) is 6.92 Å².